The summed E-state index contributed by atoms with van der Waals surface area (Å²) >= 11 is 0. The molecule has 5 rings (SSSR count). The van der Waals surface area contributed by atoms with Crippen molar-refractivity contribution < 1.29 is 13.6 Å². The third-order valence-electron chi connectivity index (χ3n) is 6.12. The van der Waals surface area contributed by atoms with E-state index in [2.05, 4.69) is 15.3 Å². The van der Waals surface area contributed by atoms with E-state index in [0.717, 1.165) is 43.4 Å². The van der Waals surface area contributed by atoms with Crippen LogP contribution in [0.1, 0.15) is 24.2 Å². The van der Waals surface area contributed by atoms with E-state index in [4.69, 9.17) is 4.98 Å². The Labute approximate surface area is 178 Å². The van der Waals surface area contributed by atoms with E-state index in [0.29, 0.717) is 24.4 Å². The summed E-state index contributed by atoms with van der Waals surface area (Å²) in [6.45, 7) is 2.08. The molecule has 0 aliphatic carbocycles. The van der Waals surface area contributed by atoms with Crippen LogP contribution < -0.4 is 5.32 Å². The molecule has 3 heterocycles. The van der Waals surface area contributed by atoms with Crippen molar-refractivity contribution in [2.45, 2.75) is 37.9 Å². The molecule has 0 bridgehead atoms. The van der Waals surface area contributed by atoms with Crippen LogP contribution in [0, 0.1) is 11.6 Å². The minimum Gasteiger partial charge on any atom is -0.349 e. The lowest BCUT2D eigenvalue weighted by Crippen LogP contribution is -2.56. The highest BCUT2D eigenvalue weighted by Crippen LogP contribution is 2.30. The smallest absolute Gasteiger partial charge is 0.242 e. The fraction of sp³-hybridized carbons (Fsp3) is 0.348. The Morgan fingerprint density at radius 2 is 1.74 bits per heavy atom. The lowest BCUT2D eigenvalue weighted by Gasteiger charge is -2.41. The van der Waals surface area contributed by atoms with Crippen LogP contribution in [0.25, 0.3) is 11.4 Å². The largest absolute Gasteiger partial charge is 0.349 e. The average Bonchev–Trinajstić information content (AvgIpc) is 3.06. The Bertz CT molecular complexity index is 1090. The van der Waals surface area contributed by atoms with Crippen molar-refractivity contribution in [3.05, 3.63) is 71.6 Å². The van der Waals surface area contributed by atoms with Crippen molar-refractivity contribution in [2.75, 3.05) is 13.1 Å². The minimum absolute atomic E-state index is 0.0658. The number of halogens is 2. The summed E-state index contributed by atoms with van der Waals surface area (Å²) in [5, 5.41) is 7.76. The highest BCUT2D eigenvalue weighted by Gasteiger charge is 2.39. The number of likely N-dealkylation sites (tertiary alicyclic amines) is 1. The molecular formula is C23H23F2N5O. The van der Waals surface area contributed by atoms with Crippen LogP contribution in [0.3, 0.4) is 0 Å². The summed E-state index contributed by atoms with van der Waals surface area (Å²) in [7, 11) is 0. The summed E-state index contributed by atoms with van der Waals surface area (Å²) < 4.78 is 28.7. The molecule has 1 fully saturated rings. The van der Waals surface area contributed by atoms with Crippen molar-refractivity contribution in [2.24, 2.45) is 0 Å². The van der Waals surface area contributed by atoms with Crippen molar-refractivity contribution >= 4 is 5.91 Å². The van der Waals surface area contributed by atoms with E-state index in [1.54, 1.807) is 4.68 Å². The molecule has 1 aromatic heterocycles. The second-order valence-electron chi connectivity index (χ2n) is 8.43. The van der Waals surface area contributed by atoms with Gasteiger partial charge in [-0.2, -0.15) is 5.10 Å². The molecule has 2 aromatic carbocycles. The second-order valence-corrected chi connectivity index (χ2v) is 8.43. The van der Waals surface area contributed by atoms with Crippen molar-refractivity contribution in [3.8, 4) is 11.4 Å². The Morgan fingerprint density at radius 1 is 1.03 bits per heavy atom. The predicted molar refractivity (Wildman–Crippen MR) is 111 cm³/mol. The van der Waals surface area contributed by atoms with Gasteiger partial charge in [0.05, 0.1) is 0 Å². The normalized spacial score (nSPS) is 18.5. The number of fused-ring (bicyclic) bond motifs is 1. The molecule has 0 unspecified atom stereocenters. The molecule has 160 valence electrons. The van der Waals surface area contributed by atoms with E-state index in [-0.39, 0.29) is 18.0 Å². The molecular weight excluding hydrogens is 400 g/mol. The van der Waals surface area contributed by atoms with Gasteiger partial charge in [0.25, 0.3) is 0 Å². The van der Waals surface area contributed by atoms with E-state index >= 15 is 0 Å². The number of aromatic nitrogens is 3. The number of amides is 1. The fourth-order valence-electron chi connectivity index (χ4n) is 4.56. The van der Waals surface area contributed by atoms with Crippen LogP contribution in [0.15, 0.2) is 48.5 Å². The molecule has 0 atom stereocenters. The van der Waals surface area contributed by atoms with Crippen LogP contribution >= 0.6 is 0 Å². The number of nitrogens with one attached hydrogen (secondary N) is 1. The SMILES string of the molecule is O=C1Cn2nc(-c3ccccc3)nc2CC2(CCN(Cc3cc(F)cc(F)c3)CC2)N1. The van der Waals surface area contributed by atoms with Crippen molar-refractivity contribution in [1.29, 1.82) is 0 Å². The lowest BCUT2D eigenvalue weighted by atomic mass is 9.84. The van der Waals surface area contributed by atoms with Gasteiger partial charge in [0.2, 0.25) is 5.91 Å². The first kappa shape index (κ1) is 19.8. The summed E-state index contributed by atoms with van der Waals surface area (Å²) in [4.78, 5) is 19.5. The van der Waals surface area contributed by atoms with Crippen molar-refractivity contribution in [3.63, 3.8) is 0 Å². The van der Waals surface area contributed by atoms with E-state index in [1.807, 2.05) is 30.3 Å². The second kappa shape index (κ2) is 7.85. The Balaban J connectivity index is 1.32. The third kappa shape index (κ3) is 4.20. The number of piperidine rings is 1. The third-order valence-corrected chi connectivity index (χ3v) is 6.12. The molecule has 1 N–H and O–H groups in total. The molecule has 31 heavy (non-hydrogen) atoms. The average molecular weight is 423 g/mol. The number of carbonyl (C=O) groups is 1. The molecule has 2 aliphatic heterocycles. The zero-order valence-electron chi connectivity index (χ0n) is 17.0. The number of benzene rings is 2. The molecule has 3 aromatic rings. The van der Waals surface area contributed by atoms with Gasteiger partial charge in [0.1, 0.15) is 24.0 Å². The molecule has 8 heteroatoms. The summed E-state index contributed by atoms with van der Waals surface area (Å²) in [5.41, 5.74) is 1.16. The Hall–Kier alpha value is -3.13. The molecule has 0 saturated carbocycles. The number of hydrogen-bond donors (Lipinski definition) is 1. The summed E-state index contributed by atoms with van der Waals surface area (Å²) in [6, 6.07) is 13.4. The fourth-order valence-corrected chi connectivity index (χ4v) is 4.56. The van der Waals surface area contributed by atoms with Gasteiger partial charge in [-0.1, -0.05) is 30.3 Å². The minimum atomic E-state index is -0.562. The van der Waals surface area contributed by atoms with Gasteiger partial charge in [-0.25, -0.2) is 18.4 Å². The van der Waals surface area contributed by atoms with Crippen LogP contribution in [-0.2, 0) is 24.3 Å². The van der Waals surface area contributed by atoms with Crippen molar-refractivity contribution in [1.82, 2.24) is 25.0 Å². The maximum Gasteiger partial charge on any atom is 0.242 e. The highest BCUT2D eigenvalue weighted by atomic mass is 19.1. The summed E-state index contributed by atoms with van der Waals surface area (Å²) in [5.74, 6) is 0.244. The Morgan fingerprint density at radius 3 is 2.45 bits per heavy atom. The van der Waals surface area contributed by atoms with Crippen LogP contribution in [0.4, 0.5) is 8.78 Å². The van der Waals surface area contributed by atoms with Gasteiger partial charge in [0.15, 0.2) is 5.82 Å². The maximum atomic E-state index is 13.5. The van der Waals surface area contributed by atoms with E-state index < -0.39 is 11.6 Å². The van der Waals surface area contributed by atoms with E-state index in [1.165, 1.54) is 12.1 Å². The number of hydrogen-bond acceptors (Lipinski definition) is 4. The van der Waals surface area contributed by atoms with Gasteiger partial charge in [-0.05, 0) is 30.5 Å². The van der Waals surface area contributed by atoms with Crippen LogP contribution in [0.2, 0.25) is 0 Å². The number of carbonyl (C=O) groups excluding carboxylic acids is 1. The van der Waals surface area contributed by atoms with Crippen LogP contribution in [0.5, 0.6) is 0 Å². The first-order chi connectivity index (χ1) is 15.0. The Kier molecular flexibility index (Phi) is 5.02. The molecule has 1 spiro atoms. The molecule has 0 radical (unpaired) electrons. The van der Waals surface area contributed by atoms with Gasteiger partial charge in [-0.3, -0.25) is 9.69 Å². The lowest BCUT2D eigenvalue weighted by molar-refractivity contribution is -0.123. The van der Waals surface area contributed by atoms with Gasteiger partial charge >= 0.3 is 0 Å². The monoisotopic (exact) mass is 423 g/mol. The topological polar surface area (TPSA) is 63.1 Å². The molecule has 2 aliphatic rings. The first-order valence-electron chi connectivity index (χ1n) is 10.5. The molecule has 6 nitrogen and oxygen atoms in total. The maximum absolute atomic E-state index is 13.5. The first-order valence-corrected chi connectivity index (χ1v) is 10.5. The van der Waals surface area contributed by atoms with Gasteiger partial charge in [0, 0.05) is 43.2 Å². The number of nitrogens with zero attached hydrogens (tertiary/aromatic N) is 4. The molecule has 1 amide bonds. The zero-order chi connectivity index (χ0) is 21.4. The molecule has 1 saturated heterocycles. The standard InChI is InChI=1S/C23H23F2N5O/c24-18-10-16(11-19(25)12-18)14-29-8-6-23(7-9-29)13-20-26-22(17-4-2-1-3-5-17)28-30(20)15-21(31)27-23/h1-5,10-12H,6-9,13-15H2,(H,27,31). The van der Waals surface area contributed by atoms with Crippen LogP contribution in [-0.4, -0.2) is 44.2 Å². The quantitative estimate of drug-likeness (QED) is 0.704. The zero-order valence-corrected chi connectivity index (χ0v) is 17.0. The van der Waals surface area contributed by atoms with E-state index in [9.17, 15) is 13.6 Å². The van der Waals surface area contributed by atoms with Gasteiger partial charge < -0.3 is 5.32 Å². The number of rotatable bonds is 3. The highest BCUT2D eigenvalue weighted by molar-refractivity contribution is 5.77. The predicted octanol–water partition coefficient (Wildman–Crippen LogP) is 2.93. The van der Waals surface area contributed by atoms with Gasteiger partial charge in [-0.15, -0.1) is 0 Å². The summed E-state index contributed by atoms with van der Waals surface area (Å²) in [6.07, 6.45) is 2.09.